The van der Waals surface area contributed by atoms with E-state index in [1.165, 1.54) is 5.56 Å². The summed E-state index contributed by atoms with van der Waals surface area (Å²) in [4.78, 5) is 60.4. The average molecular weight is 736 g/mol. The van der Waals surface area contributed by atoms with Crippen molar-refractivity contribution in [2.75, 3.05) is 19.7 Å². The normalized spacial score (nSPS) is 14.9. The number of nitrogens with one attached hydrogen (secondary N) is 2. The fourth-order valence-corrected chi connectivity index (χ4v) is 6.52. The Kier molecular flexibility index (Phi) is 13.4. The predicted octanol–water partition coefficient (Wildman–Crippen LogP) is 6.39. The molecule has 11 heteroatoms. The number of ether oxygens (including phenoxy) is 2. The topological polar surface area (TPSA) is 132 Å². The van der Waals surface area contributed by atoms with Crippen molar-refractivity contribution in [1.29, 1.82) is 0 Å². The summed E-state index contributed by atoms with van der Waals surface area (Å²) in [6.07, 6.45) is 4.88. The molecular formula is C43H53N5O6. The second-order valence-electron chi connectivity index (χ2n) is 15.4. The molecule has 1 unspecified atom stereocenters. The highest BCUT2D eigenvalue weighted by Crippen LogP contribution is 2.30. The molecule has 2 heterocycles. The molecule has 286 valence electrons. The number of imidazole rings is 1. The molecule has 11 nitrogen and oxygen atoms in total. The van der Waals surface area contributed by atoms with Crippen LogP contribution >= 0.6 is 0 Å². The molecule has 0 spiro atoms. The number of benzene rings is 3. The number of nitrogens with zero attached hydrogens (tertiary/aromatic N) is 3. The first kappa shape index (κ1) is 39.9. The number of aryl methyl sites for hydroxylation is 1. The molecule has 0 bridgehead atoms. The molecule has 1 aromatic heterocycles. The molecule has 0 saturated carbocycles. The third kappa shape index (κ3) is 11.4. The maximum atomic E-state index is 14.2. The van der Waals surface area contributed by atoms with Crippen molar-refractivity contribution in [2.24, 2.45) is 0 Å². The number of rotatable bonds is 15. The van der Waals surface area contributed by atoms with Crippen molar-refractivity contribution in [3.05, 3.63) is 126 Å². The Morgan fingerprint density at radius 3 is 2.09 bits per heavy atom. The van der Waals surface area contributed by atoms with E-state index in [-0.39, 0.29) is 37.7 Å². The van der Waals surface area contributed by atoms with Crippen LogP contribution in [0.5, 0.6) is 0 Å². The maximum absolute atomic E-state index is 14.2. The van der Waals surface area contributed by atoms with Crippen LogP contribution in [0.4, 0.5) is 4.79 Å². The summed E-state index contributed by atoms with van der Waals surface area (Å²) < 4.78 is 13.1. The van der Waals surface area contributed by atoms with Gasteiger partial charge in [0.2, 0.25) is 11.8 Å². The van der Waals surface area contributed by atoms with Gasteiger partial charge in [-0.3, -0.25) is 14.4 Å². The Morgan fingerprint density at radius 1 is 0.852 bits per heavy atom. The van der Waals surface area contributed by atoms with E-state index in [1.807, 2.05) is 82.4 Å². The van der Waals surface area contributed by atoms with E-state index in [9.17, 15) is 19.2 Å². The summed E-state index contributed by atoms with van der Waals surface area (Å²) >= 11 is 0. The number of alkyl carbamates (subject to hydrolysis) is 1. The zero-order valence-electron chi connectivity index (χ0n) is 32.0. The van der Waals surface area contributed by atoms with Crippen molar-refractivity contribution in [3.8, 4) is 0 Å². The first-order valence-electron chi connectivity index (χ1n) is 18.7. The summed E-state index contributed by atoms with van der Waals surface area (Å²) in [7, 11) is 0. The van der Waals surface area contributed by atoms with Crippen LogP contribution in [0.25, 0.3) is 0 Å². The molecule has 3 aromatic carbocycles. The zero-order chi connectivity index (χ0) is 38.7. The molecule has 0 aliphatic carbocycles. The minimum atomic E-state index is -1.38. The lowest BCUT2D eigenvalue weighted by Gasteiger charge is -2.35. The van der Waals surface area contributed by atoms with Gasteiger partial charge in [0.05, 0.1) is 25.2 Å². The van der Waals surface area contributed by atoms with Gasteiger partial charge in [0, 0.05) is 25.7 Å². The number of ketones is 1. The van der Waals surface area contributed by atoms with Crippen LogP contribution in [0.15, 0.2) is 104 Å². The van der Waals surface area contributed by atoms with E-state index in [2.05, 4.69) is 39.9 Å². The fourth-order valence-electron chi connectivity index (χ4n) is 6.52. The van der Waals surface area contributed by atoms with E-state index < -0.39 is 35.2 Å². The van der Waals surface area contributed by atoms with Gasteiger partial charge in [0.25, 0.3) is 0 Å². The van der Waals surface area contributed by atoms with Gasteiger partial charge in [0.15, 0.2) is 5.78 Å². The number of hydrogen-bond donors (Lipinski definition) is 2. The van der Waals surface area contributed by atoms with Crippen LogP contribution in [0, 0.1) is 0 Å². The van der Waals surface area contributed by atoms with Gasteiger partial charge in [-0.25, -0.2) is 9.78 Å². The highest BCUT2D eigenvalue weighted by Gasteiger charge is 2.35. The van der Waals surface area contributed by atoms with Crippen LogP contribution in [0.3, 0.4) is 0 Å². The van der Waals surface area contributed by atoms with Crippen molar-refractivity contribution < 1.29 is 28.7 Å². The predicted molar refractivity (Wildman–Crippen MR) is 207 cm³/mol. The van der Waals surface area contributed by atoms with Crippen molar-refractivity contribution >= 4 is 23.7 Å². The summed E-state index contributed by atoms with van der Waals surface area (Å²) in [6.45, 7) is 9.81. The maximum Gasteiger partial charge on any atom is 0.408 e. The van der Waals surface area contributed by atoms with Gasteiger partial charge in [-0.1, -0.05) is 91.0 Å². The number of carbonyl (C=O) groups is 4. The van der Waals surface area contributed by atoms with Crippen LogP contribution in [0.2, 0.25) is 0 Å². The molecule has 2 N–H and O–H groups in total. The zero-order valence-corrected chi connectivity index (χ0v) is 32.0. The van der Waals surface area contributed by atoms with E-state index >= 15 is 0 Å². The van der Waals surface area contributed by atoms with Gasteiger partial charge < -0.3 is 29.6 Å². The molecule has 5 rings (SSSR count). The SMILES string of the molecule is CC(C)(C)OC(=O)NC(C)(C)C(=O)N[C@H](COCc1ccccc1)C(=O)CCc1cn(C(C(=O)N2CCC(c3ccccc3)CC2)c2ccccc2)cn1. The largest absolute Gasteiger partial charge is 0.444 e. The molecule has 1 fully saturated rings. The third-order valence-electron chi connectivity index (χ3n) is 9.48. The highest BCUT2D eigenvalue weighted by atomic mass is 16.6. The highest BCUT2D eigenvalue weighted by molar-refractivity contribution is 5.94. The molecule has 1 aliphatic heterocycles. The van der Waals surface area contributed by atoms with Crippen LogP contribution in [0.1, 0.15) is 88.2 Å². The number of carbonyl (C=O) groups excluding carboxylic acids is 4. The van der Waals surface area contributed by atoms with Crippen molar-refractivity contribution in [2.45, 2.75) is 96.1 Å². The summed E-state index contributed by atoms with van der Waals surface area (Å²) in [5.74, 6) is -0.381. The van der Waals surface area contributed by atoms with E-state index in [0.29, 0.717) is 24.7 Å². The average Bonchev–Trinajstić information content (AvgIpc) is 3.62. The monoisotopic (exact) mass is 735 g/mol. The number of amides is 3. The van der Waals surface area contributed by atoms with Gasteiger partial charge >= 0.3 is 6.09 Å². The number of piperidine rings is 1. The lowest BCUT2D eigenvalue weighted by Crippen LogP contribution is -2.59. The Hall–Kier alpha value is -5.29. The second-order valence-corrected chi connectivity index (χ2v) is 15.4. The molecule has 2 atom stereocenters. The molecule has 4 aromatic rings. The van der Waals surface area contributed by atoms with E-state index in [1.54, 1.807) is 40.9 Å². The Bertz CT molecular complexity index is 1830. The van der Waals surface area contributed by atoms with Crippen molar-refractivity contribution in [3.63, 3.8) is 0 Å². The summed E-state index contributed by atoms with van der Waals surface area (Å²) in [5.41, 5.74) is 1.60. The first-order valence-corrected chi connectivity index (χ1v) is 18.7. The summed E-state index contributed by atoms with van der Waals surface area (Å²) in [6, 6.07) is 28.1. The summed E-state index contributed by atoms with van der Waals surface area (Å²) in [5, 5.41) is 5.39. The van der Waals surface area contributed by atoms with Gasteiger partial charge in [-0.05, 0) is 76.5 Å². The molecular weight excluding hydrogens is 683 g/mol. The number of Topliss-reactive ketones (excluding diaryl/α,β-unsaturated/α-hetero) is 1. The van der Waals surface area contributed by atoms with Crippen molar-refractivity contribution in [1.82, 2.24) is 25.1 Å². The molecule has 0 radical (unpaired) electrons. The van der Waals surface area contributed by atoms with E-state index in [4.69, 9.17) is 9.47 Å². The van der Waals surface area contributed by atoms with Gasteiger partial charge in [-0.2, -0.15) is 0 Å². The van der Waals surface area contributed by atoms with Crippen LogP contribution in [-0.4, -0.2) is 75.0 Å². The lowest BCUT2D eigenvalue weighted by molar-refractivity contribution is -0.134. The standard InChI is InChI=1S/C43H53N5O6/c1-42(2,3)54-41(52)46-43(4,5)40(51)45-36(29-53-28-31-15-9-6-10-16-31)37(49)22-21-35-27-48(30-44-35)38(34-19-13-8-14-20-34)39(50)47-25-23-33(24-26-47)32-17-11-7-12-18-32/h6-20,27,30,33,36,38H,21-26,28-29H2,1-5H3,(H,45,51)(H,46,52)/t36-,38?/m1/s1. The number of likely N-dealkylation sites (tertiary alicyclic amines) is 1. The second kappa shape index (κ2) is 18.2. The van der Waals surface area contributed by atoms with Crippen LogP contribution < -0.4 is 10.6 Å². The van der Waals surface area contributed by atoms with Gasteiger partial charge in [-0.15, -0.1) is 0 Å². The Morgan fingerprint density at radius 2 is 1.46 bits per heavy atom. The fraction of sp³-hybridized carbons (Fsp3) is 0.419. The molecule has 1 saturated heterocycles. The Labute approximate surface area is 318 Å². The minimum Gasteiger partial charge on any atom is -0.444 e. The van der Waals surface area contributed by atoms with E-state index in [0.717, 1.165) is 24.0 Å². The molecule has 3 amide bonds. The Balaban J connectivity index is 1.25. The molecule has 1 aliphatic rings. The van der Waals surface area contributed by atoms with Crippen LogP contribution in [-0.2, 0) is 36.9 Å². The minimum absolute atomic E-state index is 0.00804. The van der Waals surface area contributed by atoms with Gasteiger partial charge in [0.1, 0.15) is 23.2 Å². The smallest absolute Gasteiger partial charge is 0.408 e. The molecule has 54 heavy (non-hydrogen) atoms. The lowest BCUT2D eigenvalue weighted by atomic mass is 9.89. The number of hydrogen-bond acceptors (Lipinski definition) is 7. The number of aromatic nitrogens is 2. The first-order chi connectivity index (χ1) is 25.8. The quantitative estimate of drug-likeness (QED) is 0.145. The third-order valence-corrected chi connectivity index (χ3v) is 9.48.